The highest BCUT2D eigenvalue weighted by molar-refractivity contribution is 7.91. The monoisotopic (exact) mass is 396 g/mol. The molecule has 0 bridgehead atoms. The maximum absolute atomic E-state index is 12.7. The number of amides is 1. The minimum atomic E-state index is -2.95. The summed E-state index contributed by atoms with van der Waals surface area (Å²) < 4.78 is 30.8. The van der Waals surface area contributed by atoms with Crippen molar-refractivity contribution in [2.75, 3.05) is 55.8 Å². The molecule has 1 atom stereocenters. The van der Waals surface area contributed by atoms with Gasteiger partial charge in [-0.3, -0.25) is 9.48 Å². The van der Waals surface area contributed by atoms with E-state index in [9.17, 15) is 13.2 Å². The Hall–Kier alpha value is -1.61. The molecule has 9 heteroatoms. The Bertz CT molecular complexity index is 851. The Labute approximate surface area is 160 Å². The Morgan fingerprint density at radius 1 is 1.19 bits per heavy atom. The van der Waals surface area contributed by atoms with Crippen molar-refractivity contribution in [3.05, 3.63) is 11.4 Å². The lowest BCUT2D eigenvalue weighted by molar-refractivity contribution is -0.169. The number of carbonyl (C=O) groups excluding carboxylic acids is 1. The van der Waals surface area contributed by atoms with Gasteiger partial charge in [-0.25, -0.2) is 8.42 Å². The lowest BCUT2D eigenvalue weighted by Gasteiger charge is -2.43. The minimum Gasteiger partial charge on any atom is -0.379 e. The number of nitrogens with zero attached hydrogens (tertiary/aromatic N) is 4. The quantitative estimate of drug-likeness (QED) is 0.742. The summed E-state index contributed by atoms with van der Waals surface area (Å²) in [6, 6.07) is -0.0658. The SMILES string of the molecule is Cc1nn(C2CCS(=O)(=O)C2)c(C)c1N1CCN(C(=O)C2(C)COC2)CC1. The number of aryl methyl sites for hydroxylation is 1. The standard InChI is InChI=1S/C18H28N4O4S/c1-13-16(14(2)22(19-13)15-4-9-27(24,25)10-15)20-5-7-21(8-6-20)17(23)18(3)11-26-12-18/h15H,4-12H2,1-3H3. The van der Waals surface area contributed by atoms with E-state index in [2.05, 4.69) is 10.00 Å². The van der Waals surface area contributed by atoms with Crippen LogP contribution in [0.15, 0.2) is 0 Å². The van der Waals surface area contributed by atoms with Crippen LogP contribution in [0.1, 0.15) is 30.8 Å². The van der Waals surface area contributed by atoms with E-state index in [1.165, 1.54) is 0 Å². The highest BCUT2D eigenvalue weighted by Gasteiger charge is 2.44. The Kier molecular flexibility index (Phi) is 4.50. The molecule has 150 valence electrons. The van der Waals surface area contributed by atoms with Crippen molar-refractivity contribution >= 4 is 21.4 Å². The van der Waals surface area contributed by atoms with E-state index in [1.54, 1.807) is 0 Å². The molecule has 3 saturated heterocycles. The van der Waals surface area contributed by atoms with Crippen LogP contribution in [-0.2, 0) is 19.4 Å². The number of piperazine rings is 1. The van der Waals surface area contributed by atoms with E-state index < -0.39 is 9.84 Å². The molecule has 0 N–H and O–H groups in total. The predicted molar refractivity (Wildman–Crippen MR) is 102 cm³/mol. The molecule has 1 aromatic rings. The third-order valence-electron chi connectivity index (χ3n) is 6.08. The summed E-state index contributed by atoms with van der Waals surface area (Å²) in [7, 11) is -2.95. The lowest BCUT2D eigenvalue weighted by atomic mass is 9.86. The maximum Gasteiger partial charge on any atom is 0.233 e. The third kappa shape index (κ3) is 3.24. The van der Waals surface area contributed by atoms with Crippen LogP contribution in [-0.4, -0.2) is 79.9 Å². The molecule has 1 amide bonds. The Morgan fingerprint density at radius 3 is 2.37 bits per heavy atom. The molecular formula is C18H28N4O4S. The fourth-order valence-electron chi connectivity index (χ4n) is 4.48. The Morgan fingerprint density at radius 2 is 1.85 bits per heavy atom. The first-order valence-corrected chi connectivity index (χ1v) is 11.4. The van der Waals surface area contributed by atoms with Gasteiger partial charge in [0.15, 0.2) is 9.84 Å². The molecule has 0 saturated carbocycles. The van der Waals surface area contributed by atoms with Gasteiger partial charge in [0.2, 0.25) is 5.91 Å². The maximum atomic E-state index is 12.7. The number of carbonyl (C=O) groups is 1. The van der Waals surface area contributed by atoms with Gasteiger partial charge in [-0.2, -0.15) is 5.10 Å². The number of sulfone groups is 1. The number of anilines is 1. The van der Waals surface area contributed by atoms with Gasteiger partial charge in [0.25, 0.3) is 0 Å². The first-order valence-electron chi connectivity index (χ1n) is 9.58. The first-order chi connectivity index (χ1) is 12.7. The van der Waals surface area contributed by atoms with Gasteiger partial charge in [0.05, 0.1) is 53.3 Å². The van der Waals surface area contributed by atoms with Crippen molar-refractivity contribution in [2.45, 2.75) is 33.2 Å². The smallest absolute Gasteiger partial charge is 0.233 e. The van der Waals surface area contributed by atoms with Gasteiger partial charge in [-0.15, -0.1) is 0 Å². The molecule has 8 nitrogen and oxygen atoms in total. The highest BCUT2D eigenvalue weighted by atomic mass is 32.2. The van der Waals surface area contributed by atoms with E-state index in [4.69, 9.17) is 4.74 Å². The van der Waals surface area contributed by atoms with Gasteiger partial charge in [0, 0.05) is 26.2 Å². The molecule has 4 rings (SSSR count). The summed E-state index contributed by atoms with van der Waals surface area (Å²) in [5.74, 6) is 0.611. The number of rotatable bonds is 3. The van der Waals surface area contributed by atoms with Crippen molar-refractivity contribution in [3.63, 3.8) is 0 Å². The van der Waals surface area contributed by atoms with Crippen LogP contribution >= 0.6 is 0 Å². The van der Waals surface area contributed by atoms with Gasteiger partial charge in [-0.05, 0) is 27.2 Å². The molecule has 3 aliphatic heterocycles. The van der Waals surface area contributed by atoms with Gasteiger partial charge < -0.3 is 14.5 Å². The molecule has 1 aromatic heterocycles. The second kappa shape index (κ2) is 6.48. The van der Waals surface area contributed by atoms with Crippen molar-refractivity contribution in [2.24, 2.45) is 5.41 Å². The highest BCUT2D eigenvalue weighted by Crippen LogP contribution is 2.33. The topological polar surface area (TPSA) is 84.7 Å². The summed E-state index contributed by atoms with van der Waals surface area (Å²) in [5.41, 5.74) is 2.68. The second-order valence-electron chi connectivity index (χ2n) is 8.35. The fraction of sp³-hybridized carbons (Fsp3) is 0.778. The van der Waals surface area contributed by atoms with Crippen molar-refractivity contribution < 1.29 is 17.9 Å². The van der Waals surface area contributed by atoms with E-state index >= 15 is 0 Å². The molecule has 0 radical (unpaired) electrons. The van der Waals surface area contributed by atoms with Crippen LogP contribution in [0.4, 0.5) is 5.69 Å². The van der Waals surface area contributed by atoms with Crippen LogP contribution in [0.3, 0.4) is 0 Å². The zero-order valence-corrected chi connectivity index (χ0v) is 17.1. The molecule has 3 aliphatic rings. The normalized spacial score (nSPS) is 26.9. The average Bonchev–Trinajstić information content (AvgIpc) is 3.11. The largest absolute Gasteiger partial charge is 0.379 e. The van der Waals surface area contributed by atoms with Crippen molar-refractivity contribution in [3.8, 4) is 0 Å². The van der Waals surface area contributed by atoms with Gasteiger partial charge >= 0.3 is 0 Å². The molecule has 0 aromatic carbocycles. The molecule has 0 spiro atoms. The zero-order chi connectivity index (χ0) is 19.4. The van der Waals surface area contributed by atoms with Crippen LogP contribution in [0.5, 0.6) is 0 Å². The lowest BCUT2D eigenvalue weighted by Crippen LogP contribution is -2.58. The molecular weight excluding hydrogens is 368 g/mol. The van der Waals surface area contributed by atoms with Gasteiger partial charge in [-0.1, -0.05) is 0 Å². The first kappa shape index (κ1) is 18.7. The summed E-state index contributed by atoms with van der Waals surface area (Å²) in [5, 5.41) is 4.66. The minimum absolute atomic E-state index is 0.0658. The number of hydrogen-bond donors (Lipinski definition) is 0. The fourth-order valence-corrected chi connectivity index (χ4v) is 6.17. The van der Waals surface area contributed by atoms with Crippen LogP contribution in [0.2, 0.25) is 0 Å². The van der Waals surface area contributed by atoms with Gasteiger partial charge in [0.1, 0.15) is 0 Å². The van der Waals surface area contributed by atoms with E-state index in [0.29, 0.717) is 32.7 Å². The molecule has 0 aliphatic carbocycles. The van der Waals surface area contributed by atoms with Crippen molar-refractivity contribution in [1.29, 1.82) is 0 Å². The summed E-state index contributed by atoms with van der Waals surface area (Å²) in [6.45, 7) is 9.91. The van der Waals surface area contributed by atoms with Crippen molar-refractivity contribution in [1.82, 2.24) is 14.7 Å². The van der Waals surface area contributed by atoms with E-state index in [0.717, 1.165) is 30.2 Å². The van der Waals surface area contributed by atoms with E-state index in [1.807, 2.05) is 30.4 Å². The molecule has 4 heterocycles. The zero-order valence-electron chi connectivity index (χ0n) is 16.3. The summed E-state index contributed by atoms with van der Waals surface area (Å²) in [6.07, 6.45) is 0.632. The number of hydrogen-bond acceptors (Lipinski definition) is 6. The molecule has 1 unspecified atom stereocenters. The summed E-state index contributed by atoms with van der Waals surface area (Å²) >= 11 is 0. The third-order valence-corrected chi connectivity index (χ3v) is 7.83. The van der Waals surface area contributed by atoms with E-state index in [-0.39, 0.29) is 28.9 Å². The number of aromatic nitrogens is 2. The average molecular weight is 397 g/mol. The molecule has 3 fully saturated rings. The molecule has 27 heavy (non-hydrogen) atoms. The summed E-state index contributed by atoms with van der Waals surface area (Å²) in [4.78, 5) is 16.9. The predicted octanol–water partition coefficient (Wildman–Crippen LogP) is 0.545. The van der Waals surface area contributed by atoms with Crippen LogP contribution in [0, 0.1) is 19.3 Å². The Balaban J connectivity index is 1.46. The van der Waals surface area contributed by atoms with Crippen LogP contribution < -0.4 is 4.90 Å². The second-order valence-corrected chi connectivity index (χ2v) is 10.6. The number of ether oxygens (including phenoxy) is 1. The van der Waals surface area contributed by atoms with Crippen LogP contribution in [0.25, 0.3) is 0 Å².